The molecule has 4 heterocycles. The fourth-order valence-corrected chi connectivity index (χ4v) is 5.81. The lowest BCUT2D eigenvalue weighted by atomic mass is 10.0. The van der Waals surface area contributed by atoms with E-state index in [0.717, 1.165) is 57.8 Å². The van der Waals surface area contributed by atoms with Crippen LogP contribution in [-0.2, 0) is 7.05 Å². The molecule has 0 amide bonds. The van der Waals surface area contributed by atoms with Crippen LogP contribution in [0.5, 0.6) is 11.5 Å². The van der Waals surface area contributed by atoms with Crippen molar-refractivity contribution in [2.24, 2.45) is 13.0 Å². The maximum atomic E-state index is 6.54. The van der Waals surface area contributed by atoms with Crippen LogP contribution in [0.2, 0.25) is 0 Å². The van der Waals surface area contributed by atoms with Gasteiger partial charge in [-0.1, -0.05) is 18.2 Å². The summed E-state index contributed by atoms with van der Waals surface area (Å²) in [6.45, 7) is 1.09. The summed E-state index contributed by atoms with van der Waals surface area (Å²) in [5.74, 6) is 2.75. The van der Waals surface area contributed by atoms with E-state index in [1.807, 2.05) is 84.9 Å². The molecule has 1 aliphatic carbocycles. The average Bonchev–Trinajstić information content (AvgIpc) is 3.69. The van der Waals surface area contributed by atoms with Gasteiger partial charge in [0.15, 0.2) is 0 Å². The Morgan fingerprint density at radius 3 is 2.47 bits per heavy atom. The van der Waals surface area contributed by atoms with E-state index in [0.29, 0.717) is 17.8 Å². The van der Waals surface area contributed by atoms with Crippen molar-refractivity contribution in [1.82, 2.24) is 29.9 Å². The van der Waals surface area contributed by atoms with E-state index < -0.39 is 0 Å². The van der Waals surface area contributed by atoms with Crippen molar-refractivity contribution < 1.29 is 4.74 Å². The summed E-state index contributed by atoms with van der Waals surface area (Å²) in [7, 11) is 1.92. The van der Waals surface area contributed by atoms with Crippen LogP contribution in [-0.4, -0.2) is 37.1 Å². The second-order valence-corrected chi connectivity index (χ2v) is 9.84. The summed E-state index contributed by atoms with van der Waals surface area (Å²) >= 11 is 0. The van der Waals surface area contributed by atoms with Crippen LogP contribution < -0.4 is 15.8 Å². The number of hydrogen-bond donors (Lipinski definition) is 2. The second-order valence-electron chi connectivity index (χ2n) is 9.84. The first-order valence-corrected chi connectivity index (χ1v) is 12.4. The molecule has 1 saturated heterocycles. The lowest BCUT2D eigenvalue weighted by molar-refractivity contribution is 0.344. The second kappa shape index (κ2) is 8.20. The van der Waals surface area contributed by atoms with Gasteiger partial charge in [0, 0.05) is 42.2 Å². The van der Waals surface area contributed by atoms with Crippen LogP contribution in [0.25, 0.3) is 33.3 Å². The quantitative estimate of drug-likeness (QED) is 0.378. The number of pyridine rings is 1. The highest BCUT2D eigenvalue weighted by atomic mass is 16.5. The Morgan fingerprint density at radius 1 is 0.972 bits per heavy atom. The molecule has 2 bridgehead atoms. The van der Waals surface area contributed by atoms with Crippen molar-refractivity contribution in [3.8, 4) is 33.9 Å². The topological polar surface area (TPSA) is 95.8 Å². The molecule has 0 radical (unpaired) electrons. The Hall–Kier alpha value is -4.17. The van der Waals surface area contributed by atoms with Crippen LogP contribution in [0.3, 0.4) is 0 Å². The van der Waals surface area contributed by atoms with Gasteiger partial charge in [-0.3, -0.25) is 9.36 Å². The molecule has 7 rings (SSSR count). The lowest BCUT2D eigenvalue weighted by Crippen LogP contribution is -2.35. The third kappa shape index (κ3) is 3.45. The number of hydrogen-bond acceptors (Lipinski definition) is 6. The zero-order valence-corrected chi connectivity index (χ0v) is 20.0. The summed E-state index contributed by atoms with van der Waals surface area (Å²) in [4.78, 5) is 4.59. The number of rotatable bonds is 5. The molecule has 36 heavy (non-hydrogen) atoms. The van der Waals surface area contributed by atoms with E-state index in [4.69, 9.17) is 15.6 Å². The van der Waals surface area contributed by atoms with E-state index >= 15 is 0 Å². The molecule has 3 N–H and O–H groups in total. The van der Waals surface area contributed by atoms with Gasteiger partial charge in [-0.15, -0.1) is 0 Å². The summed E-state index contributed by atoms with van der Waals surface area (Å²) < 4.78 is 10.0. The van der Waals surface area contributed by atoms with Crippen molar-refractivity contribution in [2.45, 2.75) is 24.9 Å². The lowest BCUT2D eigenvalue weighted by Gasteiger charge is -2.24. The fourth-order valence-electron chi connectivity index (χ4n) is 5.81. The van der Waals surface area contributed by atoms with Crippen LogP contribution in [0.15, 0.2) is 73.2 Å². The zero-order valence-electron chi connectivity index (χ0n) is 20.0. The standard InChI is InChI=1S/C28H27N7O/c1-34-16-19(14-32-34)22-15-31-28(29)25-26(33-35(27(22)25)24-12-17-11-23(24)30-13-17)18-7-9-21(10-8-18)36-20-5-3-2-4-6-20/h2-10,14-17,23-24,30H,11-13H2,1H3,(H2,29,31). The van der Waals surface area contributed by atoms with Gasteiger partial charge in [-0.2, -0.15) is 10.2 Å². The van der Waals surface area contributed by atoms with Crippen molar-refractivity contribution in [2.75, 3.05) is 12.3 Å². The Labute approximate surface area is 208 Å². The number of benzene rings is 2. The molecule has 3 atom stereocenters. The summed E-state index contributed by atoms with van der Waals surface area (Å²) in [5.41, 5.74) is 11.4. The Kier molecular flexibility index (Phi) is 4.82. The molecule has 3 unspecified atom stereocenters. The van der Waals surface area contributed by atoms with Gasteiger partial charge < -0.3 is 15.8 Å². The molecule has 1 aliphatic heterocycles. The minimum Gasteiger partial charge on any atom is -0.457 e. The number of anilines is 1. The predicted molar refractivity (Wildman–Crippen MR) is 140 cm³/mol. The molecule has 2 fully saturated rings. The van der Waals surface area contributed by atoms with Gasteiger partial charge in [0.05, 0.1) is 23.1 Å². The summed E-state index contributed by atoms with van der Waals surface area (Å²) in [6.07, 6.45) is 8.05. The molecule has 8 nitrogen and oxygen atoms in total. The number of para-hydroxylation sites is 1. The largest absolute Gasteiger partial charge is 0.457 e. The van der Waals surface area contributed by atoms with E-state index in [1.165, 1.54) is 6.42 Å². The van der Waals surface area contributed by atoms with Gasteiger partial charge in [0.2, 0.25) is 0 Å². The first-order chi connectivity index (χ1) is 17.6. The third-order valence-electron chi connectivity index (χ3n) is 7.49. The highest BCUT2D eigenvalue weighted by Crippen LogP contribution is 2.44. The van der Waals surface area contributed by atoms with Crippen molar-refractivity contribution >= 4 is 16.7 Å². The predicted octanol–water partition coefficient (Wildman–Crippen LogP) is 4.80. The monoisotopic (exact) mass is 477 g/mol. The molecule has 1 saturated carbocycles. The van der Waals surface area contributed by atoms with Crippen LogP contribution in [0.1, 0.15) is 18.9 Å². The van der Waals surface area contributed by atoms with Gasteiger partial charge >= 0.3 is 0 Å². The van der Waals surface area contributed by atoms with Gasteiger partial charge in [-0.05, 0) is 61.7 Å². The number of ether oxygens (including phenoxy) is 1. The molecular formula is C28H27N7O. The van der Waals surface area contributed by atoms with Crippen molar-refractivity contribution in [3.05, 3.63) is 73.2 Å². The zero-order chi connectivity index (χ0) is 24.2. The molecule has 5 aromatic rings. The first kappa shape index (κ1) is 21.1. The summed E-state index contributed by atoms with van der Waals surface area (Å²) in [6, 6.07) is 18.5. The number of fused-ring (bicyclic) bond motifs is 3. The number of nitrogen functional groups attached to an aromatic ring is 1. The molecule has 180 valence electrons. The number of aryl methyl sites for hydroxylation is 1. The minimum absolute atomic E-state index is 0.276. The average molecular weight is 478 g/mol. The molecule has 8 heteroatoms. The molecule has 0 spiro atoms. The third-order valence-corrected chi connectivity index (χ3v) is 7.49. The molecule has 2 aromatic carbocycles. The Morgan fingerprint density at radius 2 is 1.78 bits per heavy atom. The van der Waals surface area contributed by atoms with E-state index in [9.17, 15) is 0 Å². The molecule has 2 aliphatic rings. The maximum Gasteiger partial charge on any atom is 0.135 e. The highest BCUT2D eigenvalue weighted by Gasteiger charge is 2.42. The van der Waals surface area contributed by atoms with E-state index in [2.05, 4.69) is 20.1 Å². The highest BCUT2D eigenvalue weighted by molar-refractivity contribution is 6.06. The Bertz CT molecular complexity index is 1550. The number of nitrogens with two attached hydrogens (primary N) is 1. The van der Waals surface area contributed by atoms with Crippen LogP contribution in [0.4, 0.5) is 5.82 Å². The first-order valence-electron chi connectivity index (χ1n) is 12.4. The molecule has 3 aromatic heterocycles. The van der Waals surface area contributed by atoms with Gasteiger partial charge in [-0.25, -0.2) is 4.98 Å². The van der Waals surface area contributed by atoms with E-state index in [-0.39, 0.29) is 6.04 Å². The van der Waals surface area contributed by atoms with Crippen molar-refractivity contribution in [1.29, 1.82) is 0 Å². The normalized spacial score (nSPS) is 20.9. The Balaban J connectivity index is 1.37. The SMILES string of the molecule is Cn1cc(-c2cnc(N)c3c(-c4ccc(Oc5ccccc5)cc4)nn(C4CC5CNC4C5)c23)cn1. The van der Waals surface area contributed by atoms with E-state index in [1.54, 1.807) is 0 Å². The number of nitrogens with one attached hydrogen (secondary N) is 1. The van der Waals surface area contributed by atoms with Gasteiger partial charge in [0.25, 0.3) is 0 Å². The smallest absolute Gasteiger partial charge is 0.135 e. The van der Waals surface area contributed by atoms with Crippen molar-refractivity contribution in [3.63, 3.8) is 0 Å². The maximum absolute atomic E-state index is 6.54. The number of aromatic nitrogens is 5. The molecular weight excluding hydrogens is 450 g/mol. The van der Waals surface area contributed by atoms with Gasteiger partial charge in [0.1, 0.15) is 23.0 Å². The fraction of sp³-hybridized carbons (Fsp3) is 0.250. The van der Waals surface area contributed by atoms with Crippen LogP contribution in [0, 0.1) is 5.92 Å². The number of piperidine rings is 1. The summed E-state index contributed by atoms with van der Waals surface area (Å²) in [5, 5.41) is 14.2. The minimum atomic E-state index is 0.276. The number of nitrogens with zero attached hydrogens (tertiary/aromatic N) is 5. The van der Waals surface area contributed by atoms with Crippen LogP contribution >= 0.6 is 0 Å².